The van der Waals surface area contributed by atoms with Crippen molar-refractivity contribution in [2.24, 2.45) is 0 Å². The van der Waals surface area contributed by atoms with E-state index in [2.05, 4.69) is 19.6 Å². The Morgan fingerprint density at radius 3 is 2.48 bits per heavy atom. The number of hydrogen-bond acceptors (Lipinski definition) is 7. The second-order valence-corrected chi connectivity index (χ2v) is 7.63. The first kappa shape index (κ1) is 21.0. The molecule has 9 heteroatoms. The number of aromatic nitrogens is 5. The van der Waals surface area contributed by atoms with E-state index < -0.39 is 5.97 Å². The van der Waals surface area contributed by atoms with Crippen molar-refractivity contribution >= 4 is 29.3 Å². The fourth-order valence-corrected chi connectivity index (χ4v) is 3.86. The van der Waals surface area contributed by atoms with Gasteiger partial charge in [-0.3, -0.25) is 9.59 Å². The number of carbonyl (C=O) groups excluding carboxylic acids is 2. The third-order valence-corrected chi connectivity index (χ3v) is 5.63. The molecule has 0 aromatic carbocycles. The van der Waals surface area contributed by atoms with Gasteiger partial charge in [0, 0.05) is 40.4 Å². The largest absolute Gasteiger partial charge is 0.457 e. The van der Waals surface area contributed by atoms with Crippen LogP contribution in [0.25, 0.3) is 5.78 Å². The Balaban J connectivity index is 1.72. The SMILES string of the molecule is CCn1c(C)cc(C(=O)COC(=O)Cc2c(C)nc3nc(SC)nn3c2C)c1C. The maximum Gasteiger partial charge on any atom is 0.310 e. The topological polar surface area (TPSA) is 91.4 Å². The van der Waals surface area contributed by atoms with Crippen LogP contribution < -0.4 is 0 Å². The van der Waals surface area contributed by atoms with E-state index in [0.29, 0.717) is 22.2 Å². The van der Waals surface area contributed by atoms with Gasteiger partial charge in [0.1, 0.15) is 0 Å². The fraction of sp³-hybridized carbons (Fsp3) is 0.450. The maximum absolute atomic E-state index is 12.5. The van der Waals surface area contributed by atoms with Crippen LogP contribution >= 0.6 is 11.8 Å². The van der Waals surface area contributed by atoms with E-state index >= 15 is 0 Å². The van der Waals surface area contributed by atoms with Crippen LogP contribution in [0.4, 0.5) is 0 Å². The summed E-state index contributed by atoms with van der Waals surface area (Å²) in [7, 11) is 0. The molecule has 0 aliphatic rings. The Kier molecular flexibility index (Phi) is 6.07. The van der Waals surface area contributed by atoms with Gasteiger partial charge in [-0.2, -0.15) is 4.98 Å². The summed E-state index contributed by atoms with van der Waals surface area (Å²) in [5, 5.41) is 5.00. The van der Waals surface area contributed by atoms with Crippen LogP contribution in [0.2, 0.25) is 0 Å². The smallest absolute Gasteiger partial charge is 0.310 e. The predicted molar refractivity (Wildman–Crippen MR) is 111 cm³/mol. The van der Waals surface area contributed by atoms with Crippen LogP contribution in [-0.2, 0) is 22.5 Å². The molecule has 0 aliphatic heterocycles. The molecule has 0 spiro atoms. The summed E-state index contributed by atoms with van der Waals surface area (Å²) in [4.78, 5) is 33.7. The number of esters is 1. The highest BCUT2D eigenvalue weighted by atomic mass is 32.2. The van der Waals surface area contributed by atoms with Crippen molar-refractivity contribution in [1.82, 2.24) is 24.1 Å². The lowest BCUT2D eigenvalue weighted by atomic mass is 10.1. The number of Topliss-reactive ketones (excluding diaryl/α,β-unsaturated/α-hetero) is 1. The summed E-state index contributed by atoms with van der Waals surface area (Å²) in [6.45, 7) is 10.1. The number of rotatable bonds is 7. The molecular formula is C20H25N5O3S. The third-order valence-electron chi connectivity index (χ3n) is 5.09. The van der Waals surface area contributed by atoms with Gasteiger partial charge in [0.15, 0.2) is 6.61 Å². The average molecular weight is 416 g/mol. The van der Waals surface area contributed by atoms with Gasteiger partial charge in [0.2, 0.25) is 10.9 Å². The molecule has 0 atom stereocenters. The molecule has 0 amide bonds. The summed E-state index contributed by atoms with van der Waals surface area (Å²) >= 11 is 1.43. The fourth-order valence-electron chi connectivity index (χ4n) is 3.52. The molecule has 154 valence electrons. The van der Waals surface area contributed by atoms with Crippen LogP contribution in [0, 0.1) is 27.7 Å². The maximum atomic E-state index is 12.5. The zero-order chi connectivity index (χ0) is 21.3. The van der Waals surface area contributed by atoms with Crippen molar-refractivity contribution in [3.63, 3.8) is 0 Å². The van der Waals surface area contributed by atoms with E-state index in [4.69, 9.17) is 4.74 Å². The molecule has 0 saturated carbocycles. The highest BCUT2D eigenvalue weighted by molar-refractivity contribution is 7.98. The molecule has 0 fully saturated rings. The van der Waals surface area contributed by atoms with Crippen LogP contribution in [0.1, 0.15) is 45.6 Å². The summed E-state index contributed by atoms with van der Waals surface area (Å²) in [6, 6.07) is 1.84. The van der Waals surface area contributed by atoms with Crippen molar-refractivity contribution in [3.8, 4) is 0 Å². The van der Waals surface area contributed by atoms with Crippen molar-refractivity contribution in [2.45, 2.75) is 52.7 Å². The van der Waals surface area contributed by atoms with E-state index in [0.717, 1.165) is 29.2 Å². The zero-order valence-corrected chi connectivity index (χ0v) is 18.4. The van der Waals surface area contributed by atoms with Crippen molar-refractivity contribution < 1.29 is 14.3 Å². The first-order valence-electron chi connectivity index (χ1n) is 9.39. The van der Waals surface area contributed by atoms with Gasteiger partial charge >= 0.3 is 5.97 Å². The molecule has 0 N–H and O–H groups in total. The van der Waals surface area contributed by atoms with E-state index in [9.17, 15) is 9.59 Å². The lowest BCUT2D eigenvalue weighted by Crippen LogP contribution is -2.18. The molecule has 3 heterocycles. The zero-order valence-electron chi connectivity index (χ0n) is 17.6. The van der Waals surface area contributed by atoms with Crippen LogP contribution in [-0.4, -0.2) is 48.8 Å². The molecule has 0 bridgehead atoms. The second-order valence-electron chi connectivity index (χ2n) is 6.86. The lowest BCUT2D eigenvalue weighted by Gasteiger charge is -2.10. The molecule has 0 radical (unpaired) electrons. The van der Waals surface area contributed by atoms with Crippen molar-refractivity contribution in [3.05, 3.63) is 40.0 Å². The number of ether oxygens (including phenoxy) is 1. The molecule has 0 unspecified atom stereocenters. The Hall–Kier alpha value is -2.68. The summed E-state index contributed by atoms with van der Waals surface area (Å²) < 4.78 is 8.96. The van der Waals surface area contributed by atoms with Crippen LogP contribution in [0.3, 0.4) is 0 Å². The molecule has 29 heavy (non-hydrogen) atoms. The van der Waals surface area contributed by atoms with Gasteiger partial charge in [0.05, 0.1) is 6.42 Å². The molecule has 0 aliphatic carbocycles. The Morgan fingerprint density at radius 1 is 1.14 bits per heavy atom. The first-order valence-corrected chi connectivity index (χ1v) is 10.6. The number of hydrogen-bond donors (Lipinski definition) is 0. The van der Waals surface area contributed by atoms with Crippen LogP contribution in [0.5, 0.6) is 0 Å². The average Bonchev–Trinajstić information content (AvgIpc) is 3.23. The number of thioether (sulfide) groups is 1. The van der Waals surface area contributed by atoms with Crippen molar-refractivity contribution in [1.29, 1.82) is 0 Å². The number of ketones is 1. The number of carbonyl (C=O) groups is 2. The summed E-state index contributed by atoms with van der Waals surface area (Å²) in [5.41, 5.74) is 4.72. The van der Waals surface area contributed by atoms with Crippen LogP contribution in [0.15, 0.2) is 11.2 Å². The Bertz CT molecular complexity index is 1100. The molecule has 3 aromatic rings. The normalized spacial score (nSPS) is 11.2. The minimum atomic E-state index is -0.472. The van der Waals surface area contributed by atoms with Gasteiger partial charge in [-0.05, 0) is 46.9 Å². The third kappa shape index (κ3) is 4.05. The highest BCUT2D eigenvalue weighted by Crippen LogP contribution is 2.18. The quantitative estimate of drug-likeness (QED) is 0.333. The standard InChI is InChI=1S/C20H25N5O3S/c1-7-24-11(2)8-16(13(24)4)17(26)10-28-18(27)9-15-12(3)21-19-22-20(29-6)23-25(19)14(15)5/h8H,7,9-10H2,1-6H3. The Morgan fingerprint density at radius 2 is 1.86 bits per heavy atom. The molecule has 3 aromatic heterocycles. The summed E-state index contributed by atoms with van der Waals surface area (Å²) in [6.07, 6.45) is 1.92. The number of nitrogens with zero attached hydrogens (tertiary/aromatic N) is 5. The van der Waals surface area contributed by atoms with Gasteiger partial charge in [-0.1, -0.05) is 11.8 Å². The molecule has 3 rings (SSSR count). The van der Waals surface area contributed by atoms with E-state index in [-0.39, 0.29) is 18.8 Å². The molecule has 0 saturated heterocycles. The van der Waals surface area contributed by atoms with Gasteiger partial charge in [-0.15, -0.1) is 5.10 Å². The van der Waals surface area contributed by atoms with E-state index in [1.165, 1.54) is 11.8 Å². The minimum Gasteiger partial charge on any atom is -0.457 e. The lowest BCUT2D eigenvalue weighted by molar-refractivity contribution is -0.141. The van der Waals surface area contributed by atoms with E-state index in [1.807, 2.05) is 46.9 Å². The first-order chi connectivity index (χ1) is 13.8. The van der Waals surface area contributed by atoms with Crippen molar-refractivity contribution in [2.75, 3.05) is 12.9 Å². The molecular weight excluding hydrogens is 390 g/mol. The number of aryl methyl sites for hydroxylation is 3. The molecule has 8 nitrogen and oxygen atoms in total. The monoisotopic (exact) mass is 415 g/mol. The minimum absolute atomic E-state index is 0.0241. The van der Waals surface area contributed by atoms with Gasteiger partial charge < -0.3 is 9.30 Å². The second kappa shape index (κ2) is 8.36. The van der Waals surface area contributed by atoms with Gasteiger partial charge in [-0.25, -0.2) is 9.50 Å². The summed E-state index contributed by atoms with van der Waals surface area (Å²) in [5.74, 6) is -0.169. The Labute approximate surface area is 173 Å². The number of fused-ring (bicyclic) bond motifs is 1. The van der Waals surface area contributed by atoms with Gasteiger partial charge in [0.25, 0.3) is 5.78 Å². The highest BCUT2D eigenvalue weighted by Gasteiger charge is 2.19. The van der Waals surface area contributed by atoms with E-state index in [1.54, 1.807) is 4.52 Å². The predicted octanol–water partition coefficient (Wildman–Crippen LogP) is 2.87.